The van der Waals surface area contributed by atoms with Crippen molar-refractivity contribution >= 4 is 5.97 Å². The van der Waals surface area contributed by atoms with Gasteiger partial charge >= 0.3 is 12.6 Å². The van der Waals surface area contributed by atoms with Crippen LogP contribution in [0.3, 0.4) is 0 Å². The number of halogens is 2. The standard InChI is InChI=1S/C14H17F2NO4/c1-14(20-7-12(18)19)8-17(9-14)6-10-4-2-3-5-11(10)21-13(15)16/h2-5,13H,6-9H2,1H3,(H,18,19). The number of carboxylic acid groups (broad SMARTS) is 1. The van der Waals surface area contributed by atoms with Crippen molar-refractivity contribution in [1.29, 1.82) is 0 Å². The van der Waals surface area contributed by atoms with Crippen LogP contribution in [-0.4, -0.2) is 47.9 Å². The van der Waals surface area contributed by atoms with Gasteiger partial charge in [-0.25, -0.2) is 4.79 Å². The second-order valence-corrected chi connectivity index (χ2v) is 5.26. The first-order valence-corrected chi connectivity index (χ1v) is 6.49. The summed E-state index contributed by atoms with van der Waals surface area (Å²) in [5.74, 6) is -0.849. The molecule has 0 aliphatic carbocycles. The molecule has 1 aliphatic heterocycles. The molecular weight excluding hydrogens is 284 g/mol. The number of rotatable bonds is 7. The first kappa shape index (κ1) is 15.7. The second-order valence-electron chi connectivity index (χ2n) is 5.26. The van der Waals surface area contributed by atoms with E-state index in [1.165, 1.54) is 6.07 Å². The van der Waals surface area contributed by atoms with Gasteiger partial charge in [-0.05, 0) is 13.0 Å². The van der Waals surface area contributed by atoms with Crippen LogP contribution >= 0.6 is 0 Å². The summed E-state index contributed by atoms with van der Waals surface area (Å²) in [4.78, 5) is 12.5. The molecule has 1 fully saturated rings. The number of aliphatic carboxylic acids is 1. The summed E-state index contributed by atoms with van der Waals surface area (Å²) in [7, 11) is 0. The number of hydrogen-bond acceptors (Lipinski definition) is 4. The van der Waals surface area contributed by atoms with Gasteiger partial charge in [0.05, 0.1) is 5.60 Å². The Morgan fingerprint density at radius 3 is 2.71 bits per heavy atom. The van der Waals surface area contributed by atoms with Gasteiger partial charge in [0, 0.05) is 25.2 Å². The summed E-state index contributed by atoms with van der Waals surface area (Å²) in [6.07, 6.45) is 0. The van der Waals surface area contributed by atoms with Gasteiger partial charge in [0.1, 0.15) is 12.4 Å². The number of hydrogen-bond donors (Lipinski definition) is 1. The molecule has 1 heterocycles. The monoisotopic (exact) mass is 301 g/mol. The van der Waals surface area contributed by atoms with Gasteiger partial charge in [0.15, 0.2) is 0 Å². The van der Waals surface area contributed by atoms with Gasteiger partial charge in [-0.3, -0.25) is 4.90 Å². The molecule has 116 valence electrons. The van der Waals surface area contributed by atoms with Gasteiger partial charge in [0.2, 0.25) is 0 Å². The molecule has 0 spiro atoms. The molecule has 0 amide bonds. The number of carboxylic acids is 1. The number of likely N-dealkylation sites (tertiary alicyclic amines) is 1. The maximum absolute atomic E-state index is 12.3. The van der Waals surface area contributed by atoms with Crippen LogP contribution in [0.5, 0.6) is 5.75 Å². The smallest absolute Gasteiger partial charge is 0.387 e. The molecule has 21 heavy (non-hydrogen) atoms. The number of nitrogens with zero attached hydrogens (tertiary/aromatic N) is 1. The van der Waals surface area contributed by atoms with Gasteiger partial charge in [0.25, 0.3) is 0 Å². The molecule has 7 heteroatoms. The molecule has 1 saturated heterocycles. The summed E-state index contributed by atoms with van der Waals surface area (Å²) >= 11 is 0. The zero-order valence-corrected chi connectivity index (χ0v) is 11.6. The van der Waals surface area contributed by atoms with E-state index >= 15 is 0 Å². The molecule has 0 radical (unpaired) electrons. The lowest BCUT2D eigenvalue weighted by atomic mass is 9.95. The number of alkyl halides is 2. The zero-order chi connectivity index (χ0) is 15.5. The van der Waals surface area contributed by atoms with Crippen molar-refractivity contribution in [3.63, 3.8) is 0 Å². The van der Waals surface area contributed by atoms with Crippen molar-refractivity contribution in [3.8, 4) is 5.75 Å². The van der Waals surface area contributed by atoms with E-state index in [9.17, 15) is 13.6 Å². The predicted molar refractivity (Wildman–Crippen MR) is 70.3 cm³/mol. The largest absolute Gasteiger partial charge is 0.480 e. The molecule has 0 aromatic heterocycles. The number of benzene rings is 1. The van der Waals surface area contributed by atoms with E-state index < -0.39 is 18.2 Å². The normalized spacial score (nSPS) is 17.5. The third kappa shape index (κ3) is 4.37. The first-order valence-electron chi connectivity index (χ1n) is 6.49. The Morgan fingerprint density at radius 1 is 1.43 bits per heavy atom. The van der Waals surface area contributed by atoms with E-state index in [4.69, 9.17) is 9.84 Å². The average Bonchev–Trinajstić information content (AvgIpc) is 2.36. The lowest BCUT2D eigenvalue weighted by Gasteiger charge is -2.47. The van der Waals surface area contributed by atoms with Gasteiger partial charge in [-0.1, -0.05) is 18.2 Å². The van der Waals surface area contributed by atoms with Crippen LogP contribution in [-0.2, 0) is 16.1 Å². The van der Waals surface area contributed by atoms with E-state index in [1.807, 2.05) is 11.8 Å². The highest BCUT2D eigenvalue weighted by molar-refractivity contribution is 5.68. The molecule has 1 N–H and O–H groups in total. The molecule has 0 saturated carbocycles. The van der Waals surface area contributed by atoms with Crippen molar-refractivity contribution in [1.82, 2.24) is 4.90 Å². The zero-order valence-electron chi connectivity index (χ0n) is 11.6. The summed E-state index contributed by atoms with van der Waals surface area (Å²) in [5.41, 5.74) is 0.162. The second kappa shape index (κ2) is 6.36. The SMILES string of the molecule is CC1(OCC(=O)O)CN(Cc2ccccc2OC(F)F)C1. The van der Waals surface area contributed by atoms with Gasteiger partial charge < -0.3 is 14.6 Å². The summed E-state index contributed by atoms with van der Waals surface area (Å²) < 4.78 is 34.4. The van der Waals surface area contributed by atoms with Crippen molar-refractivity contribution in [3.05, 3.63) is 29.8 Å². The molecule has 0 bridgehead atoms. The Labute approximate surface area is 121 Å². The lowest BCUT2D eigenvalue weighted by Crippen LogP contribution is -2.61. The fourth-order valence-corrected chi connectivity index (χ4v) is 2.43. The minimum atomic E-state index is -2.85. The molecule has 2 rings (SSSR count). The fraction of sp³-hybridized carbons (Fsp3) is 0.500. The molecule has 1 aliphatic rings. The Morgan fingerprint density at radius 2 is 2.10 bits per heavy atom. The topological polar surface area (TPSA) is 59.0 Å². The van der Waals surface area contributed by atoms with Crippen molar-refractivity contribution < 1.29 is 28.2 Å². The van der Waals surface area contributed by atoms with Crippen LogP contribution in [0.2, 0.25) is 0 Å². The van der Waals surface area contributed by atoms with E-state index in [2.05, 4.69) is 4.74 Å². The average molecular weight is 301 g/mol. The van der Waals surface area contributed by atoms with Crippen LogP contribution in [0, 0.1) is 0 Å². The number of para-hydroxylation sites is 1. The van der Waals surface area contributed by atoms with Crippen LogP contribution in [0.25, 0.3) is 0 Å². The highest BCUT2D eigenvalue weighted by Gasteiger charge is 2.40. The van der Waals surface area contributed by atoms with Crippen molar-refractivity contribution in [2.24, 2.45) is 0 Å². The minimum Gasteiger partial charge on any atom is -0.480 e. The Kier molecular flexibility index (Phi) is 4.74. The van der Waals surface area contributed by atoms with E-state index in [0.717, 1.165) is 0 Å². The van der Waals surface area contributed by atoms with Crippen LogP contribution < -0.4 is 4.74 Å². The predicted octanol–water partition coefficient (Wildman–Crippen LogP) is 1.96. The third-order valence-corrected chi connectivity index (χ3v) is 3.24. The van der Waals surface area contributed by atoms with E-state index in [-0.39, 0.29) is 12.4 Å². The summed E-state index contributed by atoms with van der Waals surface area (Å²) in [6.45, 7) is 0.178. The molecule has 0 atom stereocenters. The van der Waals surface area contributed by atoms with Crippen LogP contribution in [0.1, 0.15) is 12.5 Å². The fourth-order valence-electron chi connectivity index (χ4n) is 2.43. The molecular formula is C14H17F2NO4. The third-order valence-electron chi connectivity index (χ3n) is 3.24. The minimum absolute atomic E-state index is 0.160. The number of ether oxygens (including phenoxy) is 2. The Balaban J connectivity index is 1.89. The van der Waals surface area contributed by atoms with Crippen LogP contribution in [0.4, 0.5) is 8.78 Å². The quantitative estimate of drug-likeness (QED) is 0.834. The lowest BCUT2D eigenvalue weighted by molar-refractivity contribution is -0.165. The van der Waals surface area contributed by atoms with Gasteiger partial charge in [-0.2, -0.15) is 8.78 Å². The highest BCUT2D eigenvalue weighted by Crippen LogP contribution is 2.29. The highest BCUT2D eigenvalue weighted by atomic mass is 19.3. The molecule has 1 aromatic carbocycles. The summed E-state index contributed by atoms with van der Waals surface area (Å²) in [5, 5.41) is 8.59. The maximum Gasteiger partial charge on any atom is 0.387 e. The maximum atomic E-state index is 12.3. The molecule has 1 aromatic rings. The number of carbonyl (C=O) groups is 1. The van der Waals surface area contributed by atoms with E-state index in [0.29, 0.717) is 25.2 Å². The van der Waals surface area contributed by atoms with Crippen LogP contribution in [0.15, 0.2) is 24.3 Å². The van der Waals surface area contributed by atoms with Crippen molar-refractivity contribution in [2.45, 2.75) is 25.7 Å². The van der Waals surface area contributed by atoms with Crippen molar-refractivity contribution in [2.75, 3.05) is 19.7 Å². The first-order chi connectivity index (χ1) is 9.88. The Hall–Kier alpha value is -1.73. The molecule has 0 unspecified atom stereocenters. The Bertz CT molecular complexity index is 504. The molecule has 5 nitrogen and oxygen atoms in total. The van der Waals surface area contributed by atoms with Gasteiger partial charge in [-0.15, -0.1) is 0 Å². The van der Waals surface area contributed by atoms with E-state index in [1.54, 1.807) is 18.2 Å². The summed E-state index contributed by atoms with van der Waals surface area (Å²) in [6, 6.07) is 6.62.